The number of methoxy groups -OCH3 is 1. The van der Waals surface area contributed by atoms with Gasteiger partial charge in [-0.3, -0.25) is 4.79 Å². The molecule has 18 heavy (non-hydrogen) atoms. The van der Waals surface area contributed by atoms with Gasteiger partial charge in [-0.2, -0.15) is 11.8 Å². The number of amides is 1. The molecular formula is C13H18ClNO2S. The van der Waals surface area contributed by atoms with Crippen molar-refractivity contribution in [3.05, 3.63) is 34.9 Å². The summed E-state index contributed by atoms with van der Waals surface area (Å²) in [6.45, 7) is 0.501. The number of carbonyl (C=O) groups is 1. The second-order valence-electron chi connectivity index (χ2n) is 3.83. The van der Waals surface area contributed by atoms with Gasteiger partial charge in [-0.25, -0.2) is 0 Å². The van der Waals surface area contributed by atoms with Crippen molar-refractivity contribution < 1.29 is 9.53 Å². The summed E-state index contributed by atoms with van der Waals surface area (Å²) in [7, 11) is 1.66. The molecule has 0 fully saturated rings. The van der Waals surface area contributed by atoms with E-state index in [9.17, 15) is 4.79 Å². The molecule has 0 aliphatic carbocycles. The second-order valence-corrected chi connectivity index (χ2v) is 5.22. The van der Waals surface area contributed by atoms with Gasteiger partial charge in [0.15, 0.2) is 0 Å². The summed E-state index contributed by atoms with van der Waals surface area (Å²) >= 11 is 7.72. The molecule has 100 valence electrons. The quantitative estimate of drug-likeness (QED) is 0.838. The van der Waals surface area contributed by atoms with E-state index in [4.69, 9.17) is 16.3 Å². The average molecular weight is 288 g/mol. The molecule has 1 unspecified atom stereocenters. The van der Waals surface area contributed by atoms with Crippen molar-refractivity contribution in [3.63, 3.8) is 0 Å². The van der Waals surface area contributed by atoms with E-state index in [-0.39, 0.29) is 12.0 Å². The zero-order valence-corrected chi connectivity index (χ0v) is 12.2. The van der Waals surface area contributed by atoms with Crippen molar-refractivity contribution in [3.8, 4) is 0 Å². The van der Waals surface area contributed by atoms with Gasteiger partial charge in [-0.15, -0.1) is 0 Å². The Labute approximate surface area is 117 Å². The van der Waals surface area contributed by atoms with Gasteiger partial charge in [0.05, 0.1) is 16.7 Å². The summed E-state index contributed by atoms with van der Waals surface area (Å²) in [5.41, 5.74) is 0.499. The van der Waals surface area contributed by atoms with Crippen LogP contribution in [0.3, 0.4) is 0 Å². The Hall–Kier alpha value is -0.710. The van der Waals surface area contributed by atoms with Gasteiger partial charge in [0.1, 0.15) is 0 Å². The van der Waals surface area contributed by atoms with Crippen LogP contribution in [0.4, 0.5) is 0 Å². The molecule has 0 radical (unpaired) electrons. The number of nitrogens with one attached hydrogen (secondary N) is 1. The summed E-state index contributed by atoms with van der Waals surface area (Å²) in [4.78, 5) is 11.9. The molecule has 1 rings (SSSR count). The predicted octanol–water partition coefficient (Wildman–Crippen LogP) is 2.84. The standard InChI is InChI=1S/C13H18ClNO2S/c1-17-10(7-8-18-2)9-15-13(16)11-5-3-4-6-12(11)14/h3-6,10H,7-9H2,1-2H3,(H,15,16). The third kappa shape index (κ3) is 4.88. The molecule has 0 saturated heterocycles. The maximum Gasteiger partial charge on any atom is 0.252 e. The number of benzene rings is 1. The Morgan fingerprint density at radius 1 is 1.50 bits per heavy atom. The van der Waals surface area contributed by atoms with Crippen molar-refractivity contribution in [2.45, 2.75) is 12.5 Å². The third-order valence-electron chi connectivity index (χ3n) is 2.59. The molecule has 1 aromatic carbocycles. The Kier molecular flexibility index (Phi) is 7.16. The normalized spacial score (nSPS) is 12.2. The lowest BCUT2D eigenvalue weighted by molar-refractivity contribution is 0.0819. The topological polar surface area (TPSA) is 38.3 Å². The Balaban J connectivity index is 2.47. The molecule has 0 bridgehead atoms. The van der Waals surface area contributed by atoms with Crippen LogP contribution in [0.5, 0.6) is 0 Å². The van der Waals surface area contributed by atoms with Gasteiger partial charge < -0.3 is 10.1 Å². The summed E-state index contributed by atoms with van der Waals surface area (Å²) in [6, 6.07) is 7.01. The lowest BCUT2D eigenvalue weighted by Crippen LogP contribution is -2.33. The zero-order valence-electron chi connectivity index (χ0n) is 10.6. The van der Waals surface area contributed by atoms with Crippen LogP contribution in [-0.4, -0.2) is 37.7 Å². The smallest absolute Gasteiger partial charge is 0.252 e. The number of thioether (sulfide) groups is 1. The van der Waals surface area contributed by atoms with Crippen molar-refractivity contribution in [1.29, 1.82) is 0 Å². The molecule has 0 aliphatic heterocycles. The first-order valence-corrected chi connectivity index (χ1v) is 7.50. The highest BCUT2D eigenvalue weighted by Crippen LogP contribution is 2.14. The lowest BCUT2D eigenvalue weighted by Gasteiger charge is -2.15. The SMILES string of the molecule is COC(CCSC)CNC(=O)c1ccccc1Cl. The molecular weight excluding hydrogens is 270 g/mol. The maximum absolute atomic E-state index is 11.9. The molecule has 0 saturated carbocycles. The highest BCUT2D eigenvalue weighted by molar-refractivity contribution is 7.98. The molecule has 1 amide bonds. The predicted molar refractivity (Wildman–Crippen MR) is 77.6 cm³/mol. The van der Waals surface area contributed by atoms with Crippen molar-refractivity contribution in [2.75, 3.05) is 25.7 Å². The van der Waals surface area contributed by atoms with Crippen LogP contribution in [0.1, 0.15) is 16.8 Å². The summed E-state index contributed by atoms with van der Waals surface area (Å²) in [6.07, 6.45) is 3.01. The van der Waals surface area contributed by atoms with E-state index in [0.717, 1.165) is 12.2 Å². The summed E-state index contributed by atoms with van der Waals surface area (Å²) in [5, 5.41) is 3.31. The van der Waals surface area contributed by atoms with E-state index in [0.29, 0.717) is 17.1 Å². The van der Waals surface area contributed by atoms with Crippen molar-refractivity contribution in [2.24, 2.45) is 0 Å². The van der Waals surface area contributed by atoms with E-state index in [1.54, 1.807) is 43.1 Å². The van der Waals surface area contributed by atoms with Crippen LogP contribution in [0.2, 0.25) is 5.02 Å². The van der Waals surface area contributed by atoms with E-state index in [1.807, 2.05) is 0 Å². The van der Waals surface area contributed by atoms with E-state index in [1.165, 1.54) is 0 Å². The number of hydrogen-bond donors (Lipinski definition) is 1. The minimum atomic E-state index is -0.160. The van der Waals surface area contributed by atoms with Gasteiger partial charge in [-0.1, -0.05) is 23.7 Å². The number of carbonyl (C=O) groups excluding carboxylic acids is 1. The fourth-order valence-corrected chi connectivity index (χ4v) is 2.22. The molecule has 0 aromatic heterocycles. The molecule has 0 aliphatic rings. The van der Waals surface area contributed by atoms with Gasteiger partial charge in [0, 0.05) is 13.7 Å². The third-order valence-corrected chi connectivity index (χ3v) is 3.56. The van der Waals surface area contributed by atoms with Gasteiger partial charge in [-0.05, 0) is 30.6 Å². The monoisotopic (exact) mass is 287 g/mol. The van der Waals surface area contributed by atoms with Crippen LogP contribution in [0, 0.1) is 0 Å². The van der Waals surface area contributed by atoms with Crippen LogP contribution in [0.25, 0.3) is 0 Å². The fourth-order valence-electron chi connectivity index (χ4n) is 1.50. The molecule has 5 heteroatoms. The second kappa shape index (κ2) is 8.40. The molecule has 1 aromatic rings. The Morgan fingerprint density at radius 3 is 2.83 bits per heavy atom. The van der Waals surface area contributed by atoms with E-state index >= 15 is 0 Å². The van der Waals surface area contributed by atoms with E-state index in [2.05, 4.69) is 11.6 Å². The summed E-state index contributed by atoms with van der Waals surface area (Å²) in [5.74, 6) is 0.854. The Morgan fingerprint density at radius 2 is 2.22 bits per heavy atom. The van der Waals surface area contributed by atoms with Crippen molar-refractivity contribution >= 4 is 29.3 Å². The number of halogens is 1. The molecule has 0 spiro atoms. The van der Waals surface area contributed by atoms with Crippen LogP contribution in [0.15, 0.2) is 24.3 Å². The average Bonchev–Trinajstić information content (AvgIpc) is 2.39. The van der Waals surface area contributed by atoms with Gasteiger partial charge >= 0.3 is 0 Å². The fraction of sp³-hybridized carbons (Fsp3) is 0.462. The highest BCUT2D eigenvalue weighted by atomic mass is 35.5. The number of rotatable bonds is 7. The van der Waals surface area contributed by atoms with Crippen LogP contribution < -0.4 is 5.32 Å². The summed E-state index contributed by atoms with van der Waals surface area (Å²) < 4.78 is 5.31. The van der Waals surface area contributed by atoms with E-state index < -0.39 is 0 Å². The molecule has 1 atom stereocenters. The minimum Gasteiger partial charge on any atom is -0.380 e. The van der Waals surface area contributed by atoms with Gasteiger partial charge in [0.25, 0.3) is 5.91 Å². The number of ether oxygens (including phenoxy) is 1. The van der Waals surface area contributed by atoms with Crippen LogP contribution >= 0.6 is 23.4 Å². The largest absolute Gasteiger partial charge is 0.380 e. The number of hydrogen-bond acceptors (Lipinski definition) is 3. The minimum absolute atomic E-state index is 0.0453. The first kappa shape index (κ1) is 15.3. The highest BCUT2D eigenvalue weighted by Gasteiger charge is 2.12. The molecule has 0 heterocycles. The molecule has 1 N–H and O–H groups in total. The first-order valence-electron chi connectivity index (χ1n) is 5.73. The first-order chi connectivity index (χ1) is 8.69. The molecule has 3 nitrogen and oxygen atoms in total. The van der Waals surface area contributed by atoms with Crippen LogP contribution in [-0.2, 0) is 4.74 Å². The van der Waals surface area contributed by atoms with Gasteiger partial charge in [0.2, 0.25) is 0 Å². The van der Waals surface area contributed by atoms with Crippen molar-refractivity contribution in [1.82, 2.24) is 5.32 Å². The zero-order chi connectivity index (χ0) is 13.4. The maximum atomic E-state index is 11.9. The Bertz CT molecular complexity index is 387. The lowest BCUT2D eigenvalue weighted by atomic mass is 10.2.